The van der Waals surface area contributed by atoms with E-state index in [0.29, 0.717) is 0 Å². The molecule has 6 heteroatoms. The maximum atomic E-state index is 12.3. The Labute approximate surface area is 110 Å². The first kappa shape index (κ1) is 15.6. The fraction of sp³-hybridized carbons (Fsp3) is 0.538. The van der Waals surface area contributed by atoms with Gasteiger partial charge in [0, 0.05) is 36.4 Å². The number of halogens is 3. The maximum absolute atomic E-state index is 12.3. The molecular weight excluding hydrogens is 257 g/mol. The van der Waals surface area contributed by atoms with Crippen LogP contribution in [0.15, 0.2) is 18.2 Å². The van der Waals surface area contributed by atoms with E-state index in [9.17, 15) is 18.3 Å². The molecule has 1 aromatic carbocycles. The van der Waals surface area contributed by atoms with Gasteiger partial charge in [0.05, 0.1) is 6.42 Å². The number of hydrogen-bond acceptors (Lipinski definition) is 3. The van der Waals surface area contributed by atoms with E-state index in [1.54, 1.807) is 6.07 Å². The van der Waals surface area contributed by atoms with Crippen LogP contribution in [-0.2, 0) is 0 Å². The number of hydrogen-bond donors (Lipinski definition) is 2. The SMILES string of the molecule is CCN(CC)c1ccc([C@H](N)CC(F)(F)F)c(O)c1. The van der Waals surface area contributed by atoms with Gasteiger partial charge in [0.15, 0.2) is 0 Å². The summed E-state index contributed by atoms with van der Waals surface area (Å²) in [5.41, 5.74) is 6.37. The Kier molecular flexibility index (Phi) is 5.05. The van der Waals surface area contributed by atoms with Gasteiger partial charge in [0.1, 0.15) is 5.75 Å². The fourth-order valence-electron chi connectivity index (χ4n) is 1.99. The lowest BCUT2D eigenvalue weighted by Gasteiger charge is -2.23. The van der Waals surface area contributed by atoms with Gasteiger partial charge in [-0.05, 0) is 19.9 Å². The number of nitrogens with two attached hydrogens (primary N) is 1. The smallest absolute Gasteiger partial charge is 0.390 e. The molecule has 0 radical (unpaired) electrons. The van der Waals surface area contributed by atoms with Crippen molar-refractivity contribution in [3.05, 3.63) is 23.8 Å². The Morgan fingerprint density at radius 2 is 1.84 bits per heavy atom. The van der Waals surface area contributed by atoms with Crippen molar-refractivity contribution in [2.75, 3.05) is 18.0 Å². The first-order valence-corrected chi connectivity index (χ1v) is 6.18. The second-order valence-corrected chi connectivity index (χ2v) is 4.34. The minimum absolute atomic E-state index is 0.119. The van der Waals surface area contributed by atoms with E-state index in [-0.39, 0.29) is 11.3 Å². The third-order valence-electron chi connectivity index (χ3n) is 2.99. The molecule has 3 N–H and O–H groups in total. The van der Waals surface area contributed by atoms with Crippen LogP contribution in [0.5, 0.6) is 5.75 Å². The highest BCUT2D eigenvalue weighted by Gasteiger charge is 2.31. The summed E-state index contributed by atoms with van der Waals surface area (Å²) in [6, 6.07) is 3.35. The molecule has 1 aromatic rings. The first-order valence-electron chi connectivity index (χ1n) is 6.18. The van der Waals surface area contributed by atoms with E-state index in [1.165, 1.54) is 12.1 Å². The highest BCUT2D eigenvalue weighted by molar-refractivity contribution is 5.54. The largest absolute Gasteiger partial charge is 0.508 e. The molecule has 1 rings (SSSR count). The Morgan fingerprint density at radius 3 is 2.26 bits per heavy atom. The van der Waals surface area contributed by atoms with Crippen molar-refractivity contribution in [1.82, 2.24) is 0 Å². The number of nitrogens with zero attached hydrogens (tertiary/aromatic N) is 1. The van der Waals surface area contributed by atoms with Gasteiger partial charge in [-0.3, -0.25) is 0 Å². The van der Waals surface area contributed by atoms with E-state index < -0.39 is 18.6 Å². The van der Waals surface area contributed by atoms with Crippen LogP contribution in [0.4, 0.5) is 18.9 Å². The van der Waals surface area contributed by atoms with Crippen LogP contribution < -0.4 is 10.6 Å². The van der Waals surface area contributed by atoms with Crippen molar-refractivity contribution in [2.24, 2.45) is 5.73 Å². The molecule has 0 spiro atoms. The molecule has 0 aliphatic carbocycles. The van der Waals surface area contributed by atoms with Gasteiger partial charge < -0.3 is 15.7 Å². The van der Waals surface area contributed by atoms with Crippen LogP contribution in [-0.4, -0.2) is 24.4 Å². The number of aromatic hydroxyl groups is 1. The third kappa shape index (κ3) is 4.31. The van der Waals surface area contributed by atoms with Crippen LogP contribution in [0.3, 0.4) is 0 Å². The summed E-state index contributed by atoms with van der Waals surface area (Å²) in [7, 11) is 0. The number of rotatable bonds is 5. The Hall–Kier alpha value is -1.43. The lowest BCUT2D eigenvalue weighted by atomic mass is 10.0. The summed E-state index contributed by atoms with van der Waals surface area (Å²) in [5, 5.41) is 9.82. The normalized spacial score (nSPS) is 13.4. The standard InChI is InChI=1S/C13H19F3N2O/c1-3-18(4-2)9-5-6-10(12(19)7-9)11(17)8-13(14,15)16/h5-7,11,19H,3-4,8,17H2,1-2H3/t11-/m1/s1. The number of phenols is 1. The van der Waals surface area contributed by atoms with Gasteiger partial charge in [0.25, 0.3) is 0 Å². The summed E-state index contributed by atoms with van der Waals surface area (Å²) in [5.74, 6) is -0.193. The molecule has 0 aliphatic heterocycles. The number of anilines is 1. The minimum Gasteiger partial charge on any atom is -0.508 e. The minimum atomic E-state index is -4.34. The zero-order valence-corrected chi connectivity index (χ0v) is 11.0. The monoisotopic (exact) mass is 276 g/mol. The van der Waals surface area contributed by atoms with Crippen molar-refractivity contribution in [3.63, 3.8) is 0 Å². The highest BCUT2D eigenvalue weighted by atomic mass is 19.4. The Bertz CT molecular complexity index is 417. The van der Waals surface area contributed by atoms with Gasteiger partial charge >= 0.3 is 6.18 Å². The summed E-state index contributed by atoms with van der Waals surface area (Å²) >= 11 is 0. The molecule has 3 nitrogen and oxygen atoms in total. The maximum Gasteiger partial charge on any atom is 0.390 e. The van der Waals surface area contributed by atoms with Crippen molar-refractivity contribution in [1.29, 1.82) is 0 Å². The zero-order chi connectivity index (χ0) is 14.6. The van der Waals surface area contributed by atoms with Crippen LogP contribution in [0, 0.1) is 0 Å². The highest BCUT2D eigenvalue weighted by Crippen LogP contribution is 2.34. The van der Waals surface area contributed by atoms with E-state index in [2.05, 4.69) is 0 Å². The molecule has 0 unspecified atom stereocenters. The molecule has 0 amide bonds. The van der Waals surface area contributed by atoms with Gasteiger partial charge in [0.2, 0.25) is 0 Å². The second-order valence-electron chi connectivity index (χ2n) is 4.34. The third-order valence-corrected chi connectivity index (χ3v) is 2.99. The molecule has 0 saturated heterocycles. The van der Waals surface area contributed by atoms with Crippen LogP contribution in [0.2, 0.25) is 0 Å². The van der Waals surface area contributed by atoms with E-state index in [4.69, 9.17) is 5.73 Å². The van der Waals surface area contributed by atoms with Crippen LogP contribution in [0.25, 0.3) is 0 Å². The lowest BCUT2D eigenvalue weighted by molar-refractivity contribution is -0.138. The van der Waals surface area contributed by atoms with Crippen molar-refractivity contribution >= 4 is 5.69 Å². The molecule has 1 atom stereocenters. The molecule has 0 fully saturated rings. The Morgan fingerprint density at radius 1 is 1.26 bits per heavy atom. The fourth-order valence-corrected chi connectivity index (χ4v) is 1.99. The summed E-state index contributed by atoms with van der Waals surface area (Å²) in [6.45, 7) is 5.43. The van der Waals surface area contributed by atoms with Gasteiger partial charge in [-0.15, -0.1) is 0 Å². The second kappa shape index (κ2) is 6.14. The molecule has 108 valence electrons. The molecule has 0 heterocycles. The van der Waals surface area contributed by atoms with E-state index in [1.807, 2.05) is 18.7 Å². The summed E-state index contributed by atoms with van der Waals surface area (Å²) in [6.07, 6.45) is -5.49. The molecule has 0 aliphatic rings. The lowest BCUT2D eigenvalue weighted by Crippen LogP contribution is -2.22. The van der Waals surface area contributed by atoms with Crippen LogP contribution >= 0.6 is 0 Å². The van der Waals surface area contributed by atoms with Crippen LogP contribution in [0.1, 0.15) is 31.9 Å². The van der Waals surface area contributed by atoms with Crippen molar-refractivity contribution in [3.8, 4) is 5.75 Å². The van der Waals surface area contributed by atoms with E-state index in [0.717, 1.165) is 18.8 Å². The van der Waals surface area contributed by atoms with Gasteiger partial charge in [-0.25, -0.2) is 0 Å². The van der Waals surface area contributed by atoms with Crippen molar-refractivity contribution < 1.29 is 18.3 Å². The van der Waals surface area contributed by atoms with Gasteiger partial charge in [-0.1, -0.05) is 6.07 Å². The number of benzene rings is 1. The quantitative estimate of drug-likeness (QED) is 0.868. The molecule has 0 saturated carbocycles. The van der Waals surface area contributed by atoms with Crippen molar-refractivity contribution in [2.45, 2.75) is 32.5 Å². The zero-order valence-electron chi connectivity index (χ0n) is 11.0. The Balaban J connectivity index is 2.94. The predicted molar refractivity (Wildman–Crippen MR) is 69.3 cm³/mol. The first-order chi connectivity index (χ1) is 8.78. The molecular formula is C13H19F3N2O. The summed E-state index contributed by atoms with van der Waals surface area (Å²) in [4.78, 5) is 1.98. The topological polar surface area (TPSA) is 49.5 Å². The van der Waals surface area contributed by atoms with Gasteiger partial charge in [-0.2, -0.15) is 13.2 Å². The number of phenolic OH excluding ortho intramolecular Hbond substituents is 1. The molecule has 19 heavy (non-hydrogen) atoms. The van der Waals surface area contributed by atoms with E-state index >= 15 is 0 Å². The summed E-state index contributed by atoms with van der Waals surface area (Å²) < 4.78 is 36.8. The predicted octanol–water partition coefficient (Wildman–Crippen LogP) is 3.19. The average Bonchev–Trinajstić information content (AvgIpc) is 2.28. The molecule has 0 aromatic heterocycles. The molecule has 0 bridgehead atoms. The number of alkyl halides is 3. The average molecular weight is 276 g/mol.